The quantitative estimate of drug-likeness (QED) is 0.774. The van der Waals surface area contributed by atoms with Gasteiger partial charge in [0.2, 0.25) is 5.91 Å². The van der Waals surface area contributed by atoms with Gasteiger partial charge in [0, 0.05) is 24.4 Å². The first-order valence-corrected chi connectivity index (χ1v) is 6.88. The van der Waals surface area contributed by atoms with Gasteiger partial charge in [0.25, 0.3) is 0 Å². The summed E-state index contributed by atoms with van der Waals surface area (Å²) in [5.74, 6) is -0.0646. The zero-order chi connectivity index (χ0) is 14.4. The fourth-order valence-electron chi connectivity index (χ4n) is 2.13. The molecule has 5 nitrogen and oxygen atoms in total. The molecule has 0 bridgehead atoms. The van der Waals surface area contributed by atoms with Gasteiger partial charge in [-0.3, -0.25) is 9.59 Å². The number of hydrogen-bond acceptors (Lipinski definition) is 4. The Hall–Kier alpha value is -1.88. The fourth-order valence-corrected chi connectivity index (χ4v) is 2.13. The summed E-state index contributed by atoms with van der Waals surface area (Å²) >= 11 is 0. The van der Waals surface area contributed by atoms with Crippen LogP contribution < -0.4 is 10.6 Å². The molecule has 1 aliphatic rings. The maximum atomic E-state index is 11.7. The zero-order valence-electron chi connectivity index (χ0n) is 11.6. The maximum Gasteiger partial charge on any atom is 0.239 e. The van der Waals surface area contributed by atoms with E-state index >= 15 is 0 Å². The van der Waals surface area contributed by atoms with Crippen LogP contribution in [0.1, 0.15) is 30.1 Å². The second-order valence-electron chi connectivity index (χ2n) is 4.93. The van der Waals surface area contributed by atoms with Crippen LogP contribution in [0.25, 0.3) is 0 Å². The lowest BCUT2D eigenvalue weighted by Crippen LogP contribution is -2.35. The van der Waals surface area contributed by atoms with E-state index in [4.69, 9.17) is 4.74 Å². The molecule has 20 heavy (non-hydrogen) atoms. The molecule has 5 heteroatoms. The third-order valence-corrected chi connectivity index (χ3v) is 3.27. The molecule has 1 unspecified atom stereocenters. The van der Waals surface area contributed by atoms with Crippen molar-refractivity contribution in [3.63, 3.8) is 0 Å². The van der Waals surface area contributed by atoms with E-state index in [1.165, 1.54) is 6.92 Å². The van der Waals surface area contributed by atoms with Gasteiger partial charge in [-0.25, -0.2) is 0 Å². The van der Waals surface area contributed by atoms with Crippen molar-refractivity contribution < 1.29 is 14.3 Å². The molecule has 0 radical (unpaired) electrons. The van der Waals surface area contributed by atoms with Crippen molar-refractivity contribution in [1.82, 2.24) is 5.32 Å². The first kappa shape index (κ1) is 14.5. The van der Waals surface area contributed by atoms with Crippen molar-refractivity contribution in [3.05, 3.63) is 29.8 Å². The SMILES string of the molecule is CC(=O)c1cccc(NCC(=O)NCC2CCCO2)c1. The number of Topliss-reactive ketones (excluding diaryl/α,β-unsaturated/α-hetero) is 1. The van der Waals surface area contributed by atoms with Gasteiger partial charge in [-0.05, 0) is 31.9 Å². The summed E-state index contributed by atoms with van der Waals surface area (Å²) in [6.07, 6.45) is 2.23. The predicted molar refractivity (Wildman–Crippen MR) is 76.9 cm³/mol. The second-order valence-corrected chi connectivity index (χ2v) is 4.93. The lowest BCUT2D eigenvalue weighted by molar-refractivity contribution is -0.119. The minimum Gasteiger partial charge on any atom is -0.376 e. The van der Waals surface area contributed by atoms with Crippen LogP contribution in [0, 0.1) is 0 Å². The molecule has 1 fully saturated rings. The summed E-state index contributed by atoms with van der Waals surface area (Å²) < 4.78 is 5.44. The van der Waals surface area contributed by atoms with Crippen LogP contribution in [0.4, 0.5) is 5.69 Å². The molecular formula is C15H20N2O3. The highest BCUT2D eigenvalue weighted by Crippen LogP contribution is 2.11. The Labute approximate surface area is 118 Å². The largest absolute Gasteiger partial charge is 0.376 e. The summed E-state index contributed by atoms with van der Waals surface area (Å²) in [6, 6.07) is 7.13. The Morgan fingerprint density at radius 1 is 1.40 bits per heavy atom. The van der Waals surface area contributed by atoms with Crippen LogP contribution in [0.2, 0.25) is 0 Å². The van der Waals surface area contributed by atoms with Gasteiger partial charge in [0.15, 0.2) is 5.78 Å². The number of ketones is 1. The Kier molecular flexibility index (Phi) is 5.12. The number of rotatable bonds is 6. The summed E-state index contributed by atoms with van der Waals surface area (Å²) in [6.45, 7) is 3.06. The number of benzene rings is 1. The predicted octanol–water partition coefficient (Wildman–Crippen LogP) is 1.60. The third kappa shape index (κ3) is 4.35. The Morgan fingerprint density at radius 2 is 2.25 bits per heavy atom. The Morgan fingerprint density at radius 3 is 2.95 bits per heavy atom. The smallest absolute Gasteiger partial charge is 0.239 e. The zero-order valence-corrected chi connectivity index (χ0v) is 11.6. The van der Waals surface area contributed by atoms with Crippen LogP contribution in [0.3, 0.4) is 0 Å². The van der Waals surface area contributed by atoms with Crippen molar-refractivity contribution in [2.45, 2.75) is 25.9 Å². The molecule has 0 spiro atoms. The first-order valence-electron chi connectivity index (χ1n) is 6.88. The molecule has 1 aromatic carbocycles. The number of anilines is 1. The van der Waals surface area contributed by atoms with Gasteiger partial charge in [-0.15, -0.1) is 0 Å². The van der Waals surface area contributed by atoms with Crippen LogP contribution in [-0.2, 0) is 9.53 Å². The summed E-state index contributed by atoms with van der Waals surface area (Å²) in [4.78, 5) is 23.0. The monoisotopic (exact) mass is 276 g/mol. The molecular weight excluding hydrogens is 256 g/mol. The van der Waals surface area contributed by atoms with Gasteiger partial charge in [-0.2, -0.15) is 0 Å². The van der Waals surface area contributed by atoms with Gasteiger partial charge < -0.3 is 15.4 Å². The van der Waals surface area contributed by atoms with Crippen LogP contribution >= 0.6 is 0 Å². The van der Waals surface area contributed by atoms with E-state index < -0.39 is 0 Å². The number of carbonyl (C=O) groups is 2. The summed E-state index contributed by atoms with van der Waals surface area (Å²) in [5, 5.41) is 5.85. The summed E-state index contributed by atoms with van der Waals surface area (Å²) in [5.41, 5.74) is 1.40. The van der Waals surface area contributed by atoms with E-state index in [0.29, 0.717) is 12.1 Å². The maximum absolute atomic E-state index is 11.7. The lowest BCUT2D eigenvalue weighted by atomic mass is 10.1. The molecule has 1 heterocycles. The fraction of sp³-hybridized carbons (Fsp3) is 0.467. The van der Waals surface area contributed by atoms with E-state index in [0.717, 1.165) is 25.1 Å². The molecule has 0 aliphatic carbocycles. The molecule has 1 aromatic rings. The molecule has 1 atom stereocenters. The number of amides is 1. The minimum atomic E-state index is -0.0753. The molecule has 0 saturated carbocycles. The average molecular weight is 276 g/mol. The van der Waals surface area contributed by atoms with Crippen molar-refractivity contribution in [3.8, 4) is 0 Å². The molecule has 1 saturated heterocycles. The minimum absolute atomic E-state index is 0.0106. The number of hydrogen-bond donors (Lipinski definition) is 2. The van der Waals surface area contributed by atoms with Crippen molar-refractivity contribution in [2.75, 3.05) is 25.0 Å². The lowest BCUT2D eigenvalue weighted by Gasteiger charge is -2.12. The van der Waals surface area contributed by atoms with Crippen LogP contribution in [0.15, 0.2) is 24.3 Å². The highest BCUT2D eigenvalue weighted by Gasteiger charge is 2.15. The van der Waals surface area contributed by atoms with Crippen molar-refractivity contribution >= 4 is 17.4 Å². The van der Waals surface area contributed by atoms with E-state index in [-0.39, 0.29) is 24.3 Å². The number of nitrogens with one attached hydrogen (secondary N) is 2. The molecule has 1 amide bonds. The molecule has 1 aliphatic heterocycles. The number of carbonyl (C=O) groups excluding carboxylic acids is 2. The molecule has 0 aromatic heterocycles. The van der Waals surface area contributed by atoms with E-state index in [9.17, 15) is 9.59 Å². The topological polar surface area (TPSA) is 67.4 Å². The Balaban J connectivity index is 1.75. The van der Waals surface area contributed by atoms with Crippen LogP contribution in [0.5, 0.6) is 0 Å². The molecule has 2 N–H and O–H groups in total. The number of ether oxygens (including phenoxy) is 1. The van der Waals surface area contributed by atoms with Gasteiger partial charge in [0.05, 0.1) is 12.6 Å². The standard InChI is InChI=1S/C15H20N2O3/c1-11(18)12-4-2-5-13(8-12)16-10-15(19)17-9-14-6-3-7-20-14/h2,4-5,8,14,16H,3,6-7,9-10H2,1H3,(H,17,19). The third-order valence-electron chi connectivity index (χ3n) is 3.27. The Bertz CT molecular complexity index is 482. The van der Waals surface area contributed by atoms with Crippen molar-refractivity contribution in [2.24, 2.45) is 0 Å². The first-order chi connectivity index (χ1) is 9.65. The summed E-state index contributed by atoms with van der Waals surface area (Å²) in [7, 11) is 0. The molecule has 2 rings (SSSR count). The average Bonchev–Trinajstić information content (AvgIpc) is 2.96. The van der Waals surface area contributed by atoms with Gasteiger partial charge in [0.1, 0.15) is 0 Å². The highest BCUT2D eigenvalue weighted by molar-refractivity contribution is 5.95. The van der Waals surface area contributed by atoms with E-state index in [1.807, 2.05) is 6.07 Å². The highest BCUT2D eigenvalue weighted by atomic mass is 16.5. The molecule has 108 valence electrons. The van der Waals surface area contributed by atoms with Crippen LogP contribution in [-0.4, -0.2) is 37.5 Å². The van der Waals surface area contributed by atoms with Gasteiger partial charge in [-0.1, -0.05) is 12.1 Å². The van der Waals surface area contributed by atoms with Crippen molar-refractivity contribution in [1.29, 1.82) is 0 Å². The van der Waals surface area contributed by atoms with E-state index in [2.05, 4.69) is 10.6 Å². The second kappa shape index (κ2) is 7.05. The van der Waals surface area contributed by atoms with E-state index in [1.54, 1.807) is 18.2 Å². The normalized spacial score (nSPS) is 17.8. The van der Waals surface area contributed by atoms with Gasteiger partial charge >= 0.3 is 0 Å².